The van der Waals surface area contributed by atoms with Crippen LogP contribution in [0.5, 0.6) is 11.5 Å². The average Bonchev–Trinajstić information content (AvgIpc) is 2.64. The Kier molecular flexibility index (Phi) is 6.42. The van der Waals surface area contributed by atoms with Gasteiger partial charge in [0.25, 0.3) is 15.9 Å². The van der Waals surface area contributed by atoms with Gasteiger partial charge in [0.05, 0.1) is 24.8 Å². The highest BCUT2D eigenvalue weighted by atomic mass is 35.5. The van der Waals surface area contributed by atoms with Crippen LogP contribution in [-0.4, -0.2) is 28.5 Å². The zero-order chi connectivity index (χ0) is 21.1. The number of benzene rings is 2. The Hall–Kier alpha value is -2.50. The minimum atomic E-state index is -4.77. The first-order valence-electron chi connectivity index (χ1n) is 7.40. The number of carbonyl (C=O) groups excluding carboxylic acids is 1. The highest BCUT2D eigenvalue weighted by Crippen LogP contribution is 2.33. The molecule has 28 heavy (non-hydrogen) atoms. The lowest BCUT2D eigenvalue weighted by Gasteiger charge is -2.13. The maximum absolute atomic E-state index is 12.8. The summed E-state index contributed by atoms with van der Waals surface area (Å²) in [6.45, 7) is 0. The molecule has 12 heteroatoms. The van der Waals surface area contributed by atoms with E-state index in [0.717, 1.165) is 6.07 Å². The fourth-order valence-electron chi connectivity index (χ4n) is 2.06. The summed E-state index contributed by atoms with van der Waals surface area (Å²) in [5.74, 6) is -0.356. The highest BCUT2D eigenvalue weighted by molar-refractivity contribution is 7.89. The second-order valence-electron chi connectivity index (χ2n) is 5.30. The van der Waals surface area contributed by atoms with Crippen molar-refractivity contribution < 1.29 is 35.9 Å². The number of hydrogen-bond acceptors (Lipinski definition) is 5. The number of sulfonamides is 1. The molecular formula is C16H14ClF3N2O5S. The fourth-order valence-corrected chi connectivity index (χ4v) is 3.43. The number of nitrogens with one attached hydrogen (secondary N) is 2. The SMILES string of the molecule is COc1cc(OC)cc(C(=O)NNS(=O)(=O)c2cc(C(F)(F)F)ccc2Cl)c1. The van der Waals surface area contributed by atoms with Gasteiger partial charge in [0.15, 0.2) is 0 Å². The van der Waals surface area contributed by atoms with E-state index >= 15 is 0 Å². The third-order valence-corrected chi connectivity index (χ3v) is 5.19. The Morgan fingerprint density at radius 3 is 2.11 bits per heavy atom. The summed E-state index contributed by atoms with van der Waals surface area (Å²) in [5.41, 5.74) is 0.671. The lowest BCUT2D eigenvalue weighted by molar-refractivity contribution is -0.137. The predicted octanol–water partition coefficient (Wildman–Crippen LogP) is 3.00. The summed E-state index contributed by atoms with van der Waals surface area (Å²) >= 11 is 5.71. The topological polar surface area (TPSA) is 93.7 Å². The molecule has 7 nitrogen and oxygen atoms in total. The molecule has 2 aromatic rings. The van der Waals surface area contributed by atoms with Crippen LogP contribution in [0.4, 0.5) is 13.2 Å². The predicted molar refractivity (Wildman–Crippen MR) is 93.8 cm³/mol. The van der Waals surface area contributed by atoms with E-state index in [4.69, 9.17) is 21.1 Å². The van der Waals surface area contributed by atoms with Crippen LogP contribution in [0.3, 0.4) is 0 Å². The largest absolute Gasteiger partial charge is 0.497 e. The zero-order valence-corrected chi connectivity index (χ0v) is 16.0. The Bertz CT molecular complexity index is 974. The van der Waals surface area contributed by atoms with Gasteiger partial charge in [-0.3, -0.25) is 10.2 Å². The van der Waals surface area contributed by atoms with Crippen LogP contribution in [0.2, 0.25) is 5.02 Å². The van der Waals surface area contributed by atoms with E-state index in [9.17, 15) is 26.4 Å². The Balaban J connectivity index is 2.26. The normalized spacial score (nSPS) is 11.8. The monoisotopic (exact) mass is 438 g/mol. The number of rotatable bonds is 6. The molecule has 2 N–H and O–H groups in total. The second kappa shape index (κ2) is 8.25. The molecule has 2 rings (SSSR count). The van der Waals surface area contributed by atoms with E-state index in [1.165, 1.54) is 32.4 Å². The maximum atomic E-state index is 12.8. The Labute approximate surface area is 163 Å². The van der Waals surface area contributed by atoms with E-state index < -0.39 is 37.6 Å². The summed E-state index contributed by atoms with van der Waals surface area (Å²) in [5, 5.41) is -0.446. The van der Waals surface area contributed by atoms with Gasteiger partial charge in [0, 0.05) is 11.6 Å². The number of hydrogen-bond donors (Lipinski definition) is 2. The first kappa shape index (κ1) is 21.8. The van der Waals surface area contributed by atoms with Gasteiger partial charge in [-0.2, -0.15) is 13.2 Å². The number of halogens is 4. The van der Waals surface area contributed by atoms with Crippen LogP contribution in [0.1, 0.15) is 15.9 Å². The third-order valence-electron chi connectivity index (χ3n) is 3.46. The summed E-state index contributed by atoms with van der Waals surface area (Å²) in [4.78, 5) is 13.1. The van der Waals surface area contributed by atoms with Gasteiger partial charge in [-0.15, -0.1) is 4.83 Å². The minimum Gasteiger partial charge on any atom is -0.497 e. The van der Waals surface area contributed by atoms with Gasteiger partial charge in [0.2, 0.25) is 0 Å². The van der Waals surface area contributed by atoms with Crippen molar-refractivity contribution in [2.75, 3.05) is 14.2 Å². The lowest BCUT2D eigenvalue weighted by Crippen LogP contribution is -2.41. The van der Waals surface area contributed by atoms with E-state index in [0.29, 0.717) is 12.1 Å². The molecule has 0 aromatic heterocycles. The smallest absolute Gasteiger partial charge is 0.416 e. The fraction of sp³-hybridized carbons (Fsp3) is 0.188. The molecular weight excluding hydrogens is 425 g/mol. The van der Waals surface area contributed by atoms with Gasteiger partial charge in [-0.1, -0.05) is 11.6 Å². The number of hydrazine groups is 1. The van der Waals surface area contributed by atoms with Gasteiger partial charge >= 0.3 is 6.18 Å². The maximum Gasteiger partial charge on any atom is 0.416 e. The van der Waals surface area contributed by atoms with Gasteiger partial charge in [-0.05, 0) is 30.3 Å². The Morgan fingerprint density at radius 2 is 1.61 bits per heavy atom. The molecule has 152 valence electrons. The molecule has 0 heterocycles. The second-order valence-corrected chi connectivity index (χ2v) is 7.36. The van der Waals surface area contributed by atoms with Gasteiger partial charge in [-0.25, -0.2) is 8.42 Å². The lowest BCUT2D eigenvalue weighted by atomic mass is 10.2. The number of carbonyl (C=O) groups is 1. The number of methoxy groups -OCH3 is 2. The third kappa shape index (κ3) is 5.06. The molecule has 0 spiro atoms. The van der Waals surface area contributed by atoms with Crippen LogP contribution in [-0.2, 0) is 16.2 Å². The van der Waals surface area contributed by atoms with Gasteiger partial charge < -0.3 is 9.47 Å². The van der Waals surface area contributed by atoms with Crippen molar-refractivity contribution in [2.45, 2.75) is 11.1 Å². The van der Waals surface area contributed by atoms with E-state index in [1.807, 2.05) is 5.43 Å². The van der Waals surface area contributed by atoms with Crippen molar-refractivity contribution in [1.29, 1.82) is 0 Å². The molecule has 0 radical (unpaired) electrons. The van der Waals surface area contributed by atoms with E-state index in [1.54, 1.807) is 4.83 Å². The van der Waals surface area contributed by atoms with Crippen LogP contribution < -0.4 is 19.7 Å². The van der Waals surface area contributed by atoms with Crippen LogP contribution in [0, 0.1) is 0 Å². The summed E-state index contributed by atoms with van der Waals surface area (Å²) in [6, 6.07) is 5.91. The summed E-state index contributed by atoms with van der Waals surface area (Å²) in [6.07, 6.45) is -4.77. The molecule has 0 saturated heterocycles. The van der Waals surface area contributed by atoms with Crippen LogP contribution >= 0.6 is 11.6 Å². The van der Waals surface area contributed by atoms with Crippen molar-refractivity contribution in [3.63, 3.8) is 0 Å². The van der Waals surface area contributed by atoms with Crippen LogP contribution in [0.25, 0.3) is 0 Å². The molecule has 0 unspecified atom stereocenters. The van der Waals surface area contributed by atoms with Crippen molar-refractivity contribution >= 4 is 27.5 Å². The van der Waals surface area contributed by atoms with Gasteiger partial charge in [0.1, 0.15) is 16.4 Å². The van der Waals surface area contributed by atoms with Crippen molar-refractivity contribution in [2.24, 2.45) is 0 Å². The molecule has 0 aliphatic heterocycles. The first-order chi connectivity index (χ1) is 13.0. The molecule has 0 saturated carbocycles. The number of alkyl halides is 3. The Morgan fingerprint density at radius 1 is 1.04 bits per heavy atom. The average molecular weight is 439 g/mol. The van der Waals surface area contributed by atoms with Crippen molar-refractivity contribution in [1.82, 2.24) is 10.3 Å². The van der Waals surface area contributed by atoms with Crippen molar-refractivity contribution in [3.8, 4) is 11.5 Å². The quantitative estimate of drug-likeness (QED) is 0.676. The molecule has 0 bridgehead atoms. The van der Waals surface area contributed by atoms with E-state index in [-0.39, 0.29) is 17.1 Å². The molecule has 1 amide bonds. The van der Waals surface area contributed by atoms with Crippen LogP contribution in [0.15, 0.2) is 41.3 Å². The summed E-state index contributed by atoms with van der Waals surface area (Å²) < 4.78 is 73.0. The molecule has 0 aliphatic carbocycles. The minimum absolute atomic E-state index is 0.0194. The molecule has 0 atom stereocenters. The first-order valence-corrected chi connectivity index (χ1v) is 9.26. The highest BCUT2D eigenvalue weighted by Gasteiger charge is 2.32. The molecule has 0 aliphatic rings. The number of amides is 1. The standard InChI is InChI=1S/C16H14ClF3N2O5S/c1-26-11-5-9(6-12(8-11)27-2)15(23)21-22-28(24,25)14-7-10(16(18,19)20)3-4-13(14)17/h3-8,22H,1-2H3,(H,21,23). The zero-order valence-electron chi connectivity index (χ0n) is 14.4. The summed E-state index contributed by atoms with van der Waals surface area (Å²) in [7, 11) is -1.87. The van der Waals surface area contributed by atoms with Crippen molar-refractivity contribution in [3.05, 3.63) is 52.5 Å². The molecule has 2 aromatic carbocycles. The number of ether oxygens (including phenoxy) is 2. The van der Waals surface area contributed by atoms with E-state index in [2.05, 4.69) is 0 Å². The molecule has 0 fully saturated rings.